The lowest BCUT2D eigenvalue weighted by molar-refractivity contribution is -0.196. The summed E-state index contributed by atoms with van der Waals surface area (Å²) >= 11 is 0. The molecule has 3 rings (SSSR count). The normalized spacial score (nSPS) is 19.7. The fourth-order valence-corrected chi connectivity index (χ4v) is 4.08. The van der Waals surface area contributed by atoms with Crippen LogP contribution >= 0.6 is 0 Å². The highest BCUT2D eigenvalue weighted by Gasteiger charge is 2.63. The van der Waals surface area contributed by atoms with E-state index in [1.807, 2.05) is 30.3 Å². The highest BCUT2D eigenvalue weighted by molar-refractivity contribution is 6.09. The maximum atomic E-state index is 13.4. The molecule has 2 aliphatic rings. The standard InChI is InChI=1S/C22H29NO5/c1-21(2,3)28-20(26)22(17-11-7-8-12-17,23-14-13-18(23)24)19(25)27-15-16-9-5-4-6-10-16/h4-6,9-10,17H,7-8,11-15H2,1-3H3/t22-/m1/s1. The zero-order valence-corrected chi connectivity index (χ0v) is 16.9. The average Bonchev–Trinajstić information content (AvgIpc) is 3.16. The topological polar surface area (TPSA) is 72.9 Å². The Balaban J connectivity index is 1.94. The van der Waals surface area contributed by atoms with E-state index in [1.165, 1.54) is 4.90 Å². The molecule has 1 heterocycles. The van der Waals surface area contributed by atoms with Gasteiger partial charge in [-0.1, -0.05) is 43.2 Å². The average molecular weight is 387 g/mol. The summed E-state index contributed by atoms with van der Waals surface area (Å²) in [5, 5.41) is 0. The van der Waals surface area contributed by atoms with Gasteiger partial charge in [-0.15, -0.1) is 0 Å². The molecule has 0 unspecified atom stereocenters. The third-order valence-corrected chi connectivity index (χ3v) is 5.46. The third-order valence-electron chi connectivity index (χ3n) is 5.46. The van der Waals surface area contributed by atoms with Crippen LogP contribution in [0.4, 0.5) is 0 Å². The van der Waals surface area contributed by atoms with Crippen LogP contribution in [0.1, 0.15) is 58.4 Å². The van der Waals surface area contributed by atoms with Crippen LogP contribution in [-0.4, -0.2) is 40.4 Å². The number of benzene rings is 1. The molecular formula is C22H29NO5. The smallest absolute Gasteiger partial charge is 0.344 e. The number of rotatable bonds is 6. The lowest BCUT2D eigenvalue weighted by Gasteiger charge is -2.48. The molecule has 0 spiro atoms. The number of hydrogen-bond donors (Lipinski definition) is 0. The summed E-state index contributed by atoms with van der Waals surface area (Å²) in [6.07, 6.45) is 3.57. The number of esters is 2. The first-order valence-electron chi connectivity index (χ1n) is 10.00. The van der Waals surface area contributed by atoms with Crippen LogP contribution < -0.4 is 0 Å². The van der Waals surface area contributed by atoms with E-state index < -0.39 is 23.1 Å². The molecule has 1 amide bonds. The highest BCUT2D eigenvalue weighted by atomic mass is 16.6. The predicted octanol–water partition coefficient (Wildman–Crippen LogP) is 3.23. The third kappa shape index (κ3) is 3.91. The van der Waals surface area contributed by atoms with Gasteiger partial charge in [0, 0.05) is 18.9 Å². The SMILES string of the molecule is CC(C)(C)OC(=O)[C@](C(=O)OCc1ccccc1)(C1CCCC1)N1CCC1=O. The van der Waals surface area contributed by atoms with Crippen molar-refractivity contribution in [1.29, 1.82) is 0 Å². The van der Waals surface area contributed by atoms with E-state index in [1.54, 1.807) is 20.8 Å². The first-order chi connectivity index (χ1) is 13.2. The number of carbonyl (C=O) groups is 3. The van der Waals surface area contributed by atoms with Crippen molar-refractivity contribution in [3.63, 3.8) is 0 Å². The molecule has 0 bridgehead atoms. The molecule has 1 saturated heterocycles. The highest BCUT2D eigenvalue weighted by Crippen LogP contribution is 2.43. The van der Waals surface area contributed by atoms with Crippen LogP contribution in [0.15, 0.2) is 30.3 Å². The molecule has 152 valence electrons. The summed E-state index contributed by atoms with van der Waals surface area (Å²) in [7, 11) is 0. The summed E-state index contributed by atoms with van der Waals surface area (Å²) < 4.78 is 11.3. The summed E-state index contributed by atoms with van der Waals surface area (Å²) in [5.41, 5.74) is -1.63. The number of ether oxygens (including phenoxy) is 2. The minimum Gasteiger partial charge on any atom is -0.459 e. The quantitative estimate of drug-likeness (QED) is 0.426. The molecule has 6 heteroatoms. The van der Waals surface area contributed by atoms with Gasteiger partial charge < -0.3 is 14.4 Å². The van der Waals surface area contributed by atoms with E-state index in [-0.39, 0.29) is 18.4 Å². The molecule has 0 N–H and O–H groups in total. The van der Waals surface area contributed by atoms with Gasteiger partial charge in [-0.3, -0.25) is 4.79 Å². The minimum absolute atomic E-state index is 0.0545. The lowest BCUT2D eigenvalue weighted by Crippen LogP contribution is -2.71. The fraction of sp³-hybridized carbons (Fsp3) is 0.591. The van der Waals surface area contributed by atoms with Crippen LogP contribution in [0.2, 0.25) is 0 Å². The van der Waals surface area contributed by atoms with Gasteiger partial charge in [-0.25, -0.2) is 9.59 Å². The second-order valence-electron chi connectivity index (χ2n) is 8.61. The lowest BCUT2D eigenvalue weighted by atomic mass is 9.78. The Kier molecular flexibility index (Phi) is 5.77. The van der Waals surface area contributed by atoms with E-state index in [0.29, 0.717) is 25.8 Å². The van der Waals surface area contributed by atoms with E-state index in [4.69, 9.17) is 9.47 Å². The predicted molar refractivity (Wildman–Crippen MR) is 103 cm³/mol. The summed E-state index contributed by atoms with van der Waals surface area (Å²) in [6.45, 7) is 5.71. The zero-order valence-electron chi connectivity index (χ0n) is 16.9. The van der Waals surface area contributed by atoms with Crippen molar-refractivity contribution in [2.75, 3.05) is 6.54 Å². The van der Waals surface area contributed by atoms with Gasteiger partial charge >= 0.3 is 11.9 Å². The van der Waals surface area contributed by atoms with Gasteiger partial charge in [0.1, 0.15) is 12.2 Å². The first kappa shape index (κ1) is 20.4. The molecule has 0 radical (unpaired) electrons. The van der Waals surface area contributed by atoms with Crippen LogP contribution in [0.25, 0.3) is 0 Å². The Bertz CT molecular complexity index is 733. The van der Waals surface area contributed by atoms with E-state index >= 15 is 0 Å². The summed E-state index contributed by atoms with van der Waals surface area (Å²) in [4.78, 5) is 40.6. The van der Waals surface area contributed by atoms with Crippen LogP contribution in [0, 0.1) is 5.92 Å². The van der Waals surface area contributed by atoms with Crippen molar-refractivity contribution in [3.05, 3.63) is 35.9 Å². The van der Waals surface area contributed by atoms with Gasteiger partial charge in [0.25, 0.3) is 0 Å². The molecule has 1 atom stereocenters. The van der Waals surface area contributed by atoms with Crippen LogP contribution in [-0.2, 0) is 30.5 Å². The molecule has 0 aromatic heterocycles. The van der Waals surface area contributed by atoms with Crippen LogP contribution in [0.5, 0.6) is 0 Å². The van der Waals surface area contributed by atoms with Gasteiger partial charge in [-0.05, 0) is 39.2 Å². The molecule has 28 heavy (non-hydrogen) atoms. The number of carbonyl (C=O) groups excluding carboxylic acids is 3. The fourth-order valence-electron chi connectivity index (χ4n) is 4.08. The maximum Gasteiger partial charge on any atom is 0.344 e. The maximum absolute atomic E-state index is 13.4. The van der Waals surface area contributed by atoms with Crippen LogP contribution in [0.3, 0.4) is 0 Å². The Morgan fingerprint density at radius 3 is 2.21 bits per heavy atom. The van der Waals surface area contributed by atoms with E-state index in [9.17, 15) is 14.4 Å². The van der Waals surface area contributed by atoms with Gasteiger partial charge in [0.05, 0.1) is 0 Å². The Morgan fingerprint density at radius 1 is 1.07 bits per heavy atom. The zero-order chi connectivity index (χ0) is 20.4. The molecule has 1 aliphatic carbocycles. The Morgan fingerprint density at radius 2 is 1.71 bits per heavy atom. The number of amides is 1. The number of likely N-dealkylation sites (tertiary alicyclic amines) is 1. The molecular weight excluding hydrogens is 358 g/mol. The first-order valence-corrected chi connectivity index (χ1v) is 10.00. The van der Waals surface area contributed by atoms with Gasteiger partial charge in [0.2, 0.25) is 11.4 Å². The number of hydrogen-bond acceptors (Lipinski definition) is 5. The van der Waals surface area contributed by atoms with Crippen molar-refractivity contribution in [3.8, 4) is 0 Å². The molecule has 1 aromatic rings. The second-order valence-corrected chi connectivity index (χ2v) is 8.61. The molecule has 1 saturated carbocycles. The van der Waals surface area contributed by atoms with Crippen molar-refractivity contribution >= 4 is 17.8 Å². The number of nitrogens with zero attached hydrogens (tertiary/aromatic N) is 1. The second kappa shape index (κ2) is 7.94. The summed E-state index contributed by atoms with van der Waals surface area (Å²) in [6, 6.07) is 9.31. The van der Waals surface area contributed by atoms with E-state index in [2.05, 4.69) is 0 Å². The van der Waals surface area contributed by atoms with Crippen molar-refractivity contribution < 1.29 is 23.9 Å². The van der Waals surface area contributed by atoms with Crippen molar-refractivity contribution in [1.82, 2.24) is 4.90 Å². The van der Waals surface area contributed by atoms with E-state index in [0.717, 1.165) is 18.4 Å². The monoisotopic (exact) mass is 387 g/mol. The van der Waals surface area contributed by atoms with Crippen molar-refractivity contribution in [2.45, 2.75) is 70.6 Å². The molecule has 1 aromatic carbocycles. The number of β-lactam (4-membered cyclic amide) rings is 1. The Labute approximate surface area is 166 Å². The summed E-state index contributed by atoms with van der Waals surface area (Å²) in [5.74, 6) is -1.83. The molecule has 1 aliphatic heterocycles. The molecule has 6 nitrogen and oxygen atoms in total. The van der Waals surface area contributed by atoms with Gasteiger partial charge in [-0.2, -0.15) is 0 Å². The Hall–Kier alpha value is -2.37. The minimum atomic E-state index is -1.69. The van der Waals surface area contributed by atoms with Crippen molar-refractivity contribution in [2.24, 2.45) is 5.92 Å². The van der Waals surface area contributed by atoms with Gasteiger partial charge in [0.15, 0.2) is 0 Å². The largest absolute Gasteiger partial charge is 0.459 e. The molecule has 2 fully saturated rings.